The summed E-state index contributed by atoms with van der Waals surface area (Å²) in [7, 11) is 1.31. The number of carbonyl (C=O) groups excluding carboxylic acids is 3. The Bertz CT molecular complexity index is 1030. The predicted octanol–water partition coefficient (Wildman–Crippen LogP) is 4.52. The Morgan fingerprint density at radius 2 is 1.84 bits per heavy atom. The summed E-state index contributed by atoms with van der Waals surface area (Å²) < 4.78 is 4.97. The maximum atomic E-state index is 12.6. The minimum Gasteiger partial charge on any atom is -0.466 e. The van der Waals surface area contributed by atoms with Crippen LogP contribution in [0, 0.1) is 0 Å². The molecular formula is C23H24ClN3O4. The van der Waals surface area contributed by atoms with Crippen molar-refractivity contribution in [2.24, 2.45) is 0 Å². The van der Waals surface area contributed by atoms with Gasteiger partial charge in [0.15, 0.2) is 0 Å². The third kappa shape index (κ3) is 4.72. The molecule has 0 aliphatic carbocycles. The highest BCUT2D eigenvalue weighted by Crippen LogP contribution is 2.32. The molecule has 0 fully saturated rings. The van der Waals surface area contributed by atoms with Crippen molar-refractivity contribution in [2.75, 3.05) is 19.0 Å². The van der Waals surface area contributed by atoms with Crippen LogP contribution in [0.3, 0.4) is 0 Å². The number of benzene rings is 2. The van der Waals surface area contributed by atoms with Crippen molar-refractivity contribution >= 4 is 35.2 Å². The van der Waals surface area contributed by atoms with Crippen LogP contribution >= 0.6 is 11.6 Å². The molecule has 0 saturated carbocycles. The van der Waals surface area contributed by atoms with E-state index in [9.17, 15) is 14.4 Å². The number of allylic oxidation sites excluding steroid dienone is 1. The second-order valence-corrected chi connectivity index (χ2v) is 7.49. The van der Waals surface area contributed by atoms with Gasteiger partial charge in [0.1, 0.15) is 0 Å². The number of halogens is 1. The number of hydrogen-bond acceptors (Lipinski definition) is 4. The molecule has 3 amide bonds. The molecule has 0 radical (unpaired) electrons. The van der Waals surface area contributed by atoms with Crippen molar-refractivity contribution < 1.29 is 19.1 Å². The van der Waals surface area contributed by atoms with Crippen molar-refractivity contribution in [1.29, 1.82) is 0 Å². The smallest absolute Gasteiger partial charge is 0.337 e. The molecule has 0 saturated heterocycles. The number of carbonyl (C=O) groups is 3. The van der Waals surface area contributed by atoms with Crippen molar-refractivity contribution in [3.8, 4) is 0 Å². The number of esters is 1. The number of methoxy groups -OCH3 is 1. The highest BCUT2D eigenvalue weighted by atomic mass is 35.5. The molecule has 1 atom stereocenters. The fraction of sp³-hybridized carbons (Fsp3) is 0.261. The van der Waals surface area contributed by atoms with Crippen molar-refractivity contribution in [3.05, 3.63) is 76.0 Å². The predicted molar refractivity (Wildman–Crippen MR) is 119 cm³/mol. The Morgan fingerprint density at radius 3 is 2.45 bits per heavy atom. The lowest BCUT2D eigenvalue weighted by Gasteiger charge is -2.35. The van der Waals surface area contributed by atoms with Crippen molar-refractivity contribution in [3.63, 3.8) is 0 Å². The van der Waals surface area contributed by atoms with E-state index in [0.29, 0.717) is 39.7 Å². The van der Waals surface area contributed by atoms with Crippen molar-refractivity contribution in [2.45, 2.75) is 26.3 Å². The van der Waals surface area contributed by atoms with Crippen LogP contribution in [-0.2, 0) is 9.53 Å². The van der Waals surface area contributed by atoms with Gasteiger partial charge in [-0.1, -0.05) is 42.8 Å². The summed E-state index contributed by atoms with van der Waals surface area (Å²) in [6, 6.07) is 12.8. The molecule has 1 heterocycles. The molecule has 7 nitrogen and oxygen atoms in total. The number of nitrogens with one attached hydrogen (secondary N) is 2. The van der Waals surface area contributed by atoms with Crippen LogP contribution in [0.2, 0.25) is 5.02 Å². The molecule has 8 heteroatoms. The van der Waals surface area contributed by atoms with Gasteiger partial charge < -0.3 is 15.4 Å². The SMILES string of the molecule is CCCN1C(=O)NC(c2ccc(NC(=O)c3ccccc3Cl)cc2)C(C(=O)OC)=C1C. The lowest BCUT2D eigenvalue weighted by atomic mass is 9.94. The van der Waals surface area contributed by atoms with E-state index >= 15 is 0 Å². The lowest BCUT2D eigenvalue weighted by molar-refractivity contribution is -0.136. The van der Waals surface area contributed by atoms with E-state index in [0.717, 1.165) is 6.42 Å². The van der Waals surface area contributed by atoms with Crippen LogP contribution in [0.4, 0.5) is 10.5 Å². The number of anilines is 1. The molecule has 2 aromatic rings. The summed E-state index contributed by atoms with van der Waals surface area (Å²) in [5.41, 5.74) is 2.57. The number of nitrogens with zero attached hydrogens (tertiary/aromatic N) is 1. The minimum absolute atomic E-state index is 0.270. The minimum atomic E-state index is -0.652. The molecule has 1 aliphatic heterocycles. The monoisotopic (exact) mass is 441 g/mol. The molecule has 2 N–H and O–H groups in total. The zero-order valence-corrected chi connectivity index (χ0v) is 18.3. The van der Waals surface area contributed by atoms with Crippen LogP contribution in [0.25, 0.3) is 0 Å². The Morgan fingerprint density at radius 1 is 1.16 bits per heavy atom. The fourth-order valence-corrected chi connectivity index (χ4v) is 3.72. The third-order valence-corrected chi connectivity index (χ3v) is 5.40. The average Bonchev–Trinajstić information content (AvgIpc) is 2.76. The number of hydrogen-bond donors (Lipinski definition) is 2. The third-order valence-electron chi connectivity index (χ3n) is 5.07. The van der Waals surface area contributed by atoms with Gasteiger partial charge in [-0.3, -0.25) is 9.69 Å². The molecule has 1 unspecified atom stereocenters. The topological polar surface area (TPSA) is 87.7 Å². The quantitative estimate of drug-likeness (QED) is 0.645. The second kappa shape index (κ2) is 9.66. The van der Waals surface area contributed by atoms with Gasteiger partial charge in [0.05, 0.1) is 29.3 Å². The van der Waals surface area contributed by atoms with Gasteiger partial charge in [-0.05, 0) is 43.2 Å². The van der Waals surface area contributed by atoms with Gasteiger partial charge in [-0.25, -0.2) is 9.59 Å². The Balaban J connectivity index is 1.86. The van der Waals surface area contributed by atoms with E-state index in [-0.39, 0.29) is 11.9 Å². The molecule has 0 spiro atoms. The first-order chi connectivity index (χ1) is 14.9. The van der Waals surface area contributed by atoms with Crippen LogP contribution in [0.1, 0.15) is 42.2 Å². The fourth-order valence-electron chi connectivity index (χ4n) is 3.50. The molecule has 162 valence electrons. The molecule has 0 aromatic heterocycles. The molecule has 1 aliphatic rings. The zero-order valence-electron chi connectivity index (χ0n) is 17.6. The van der Waals surface area contributed by atoms with E-state index < -0.39 is 12.0 Å². The van der Waals surface area contributed by atoms with Gasteiger partial charge in [-0.15, -0.1) is 0 Å². The molecule has 2 aromatic carbocycles. The number of urea groups is 1. The normalized spacial score (nSPS) is 16.1. The van der Waals surface area contributed by atoms with Gasteiger partial charge in [0.25, 0.3) is 5.91 Å². The second-order valence-electron chi connectivity index (χ2n) is 7.08. The zero-order chi connectivity index (χ0) is 22.5. The number of amides is 3. The van der Waals surface area contributed by atoms with E-state index in [4.69, 9.17) is 16.3 Å². The summed E-state index contributed by atoms with van der Waals surface area (Å²) in [5.74, 6) is -0.829. The molecule has 31 heavy (non-hydrogen) atoms. The van der Waals surface area contributed by atoms with Crippen LogP contribution in [-0.4, -0.2) is 36.5 Å². The van der Waals surface area contributed by atoms with Gasteiger partial charge in [0.2, 0.25) is 0 Å². The standard InChI is InChI=1S/C23H24ClN3O4/c1-4-13-27-14(2)19(22(29)31-3)20(26-23(27)30)15-9-11-16(12-10-15)25-21(28)17-7-5-6-8-18(17)24/h5-12,20H,4,13H2,1-3H3,(H,25,28)(H,26,30). The van der Waals surface area contributed by atoms with E-state index in [1.165, 1.54) is 7.11 Å². The first kappa shape index (κ1) is 22.4. The molecule has 0 bridgehead atoms. The van der Waals surface area contributed by atoms with E-state index in [2.05, 4.69) is 10.6 Å². The maximum Gasteiger partial charge on any atom is 0.337 e. The van der Waals surface area contributed by atoms with Gasteiger partial charge in [-0.2, -0.15) is 0 Å². The van der Waals surface area contributed by atoms with Crippen LogP contribution < -0.4 is 10.6 Å². The molecular weight excluding hydrogens is 418 g/mol. The van der Waals surface area contributed by atoms with Crippen molar-refractivity contribution in [1.82, 2.24) is 10.2 Å². The molecule has 3 rings (SSSR count). The lowest BCUT2D eigenvalue weighted by Crippen LogP contribution is -2.48. The van der Waals surface area contributed by atoms with Crippen LogP contribution in [0.5, 0.6) is 0 Å². The Labute approximate surface area is 186 Å². The van der Waals surface area contributed by atoms with Gasteiger partial charge in [0, 0.05) is 17.9 Å². The highest BCUT2D eigenvalue weighted by molar-refractivity contribution is 6.34. The maximum absolute atomic E-state index is 12.6. The summed E-state index contributed by atoms with van der Waals surface area (Å²) in [6.45, 7) is 4.20. The first-order valence-electron chi connectivity index (χ1n) is 9.90. The summed E-state index contributed by atoms with van der Waals surface area (Å²) >= 11 is 6.08. The number of ether oxygens (including phenoxy) is 1. The summed E-state index contributed by atoms with van der Waals surface area (Å²) in [6.07, 6.45) is 0.754. The Kier molecular flexibility index (Phi) is 6.97. The summed E-state index contributed by atoms with van der Waals surface area (Å²) in [5, 5.41) is 6.04. The Hall–Kier alpha value is -3.32. The first-order valence-corrected chi connectivity index (χ1v) is 10.3. The van der Waals surface area contributed by atoms with Crippen LogP contribution in [0.15, 0.2) is 59.8 Å². The van der Waals surface area contributed by atoms with E-state index in [1.54, 1.807) is 60.4 Å². The summed E-state index contributed by atoms with van der Waals surface area (Å²) in [4.78, 5) is 39.1. The average molecular weight is 442 g/mol. The highest BCUT2D eigenvalue weighted by Gasteiger charge is 2.35. The number of rotatable bonds is 6. The van der Waals surface area contributed by atoms with Gasteiger partial charge >= 0.3 is 12.0 Å². The van der Waals surface area contributed by atoms with E-state index in [1.807, 2.05) is 6.92 Å². The largest absolute Gasteiger partial charge is 0.466 e.